The minimum absolute atomic E-state index is 0.0893. The molecule has 2 atom stereocenters. The monoisotopic (exact) mass is 484 g/mol. The molecule has 5 rings (SSSR count). The number of amides is 2. The predicted molar refractivity (Wildman–Crippen MR) is 138 cm³/mol. The lowest BCUT2D eigenvalue weighted by Gasteiger charge is -2.36. The molecule has 0 radical (unpaired) electrons. The Morgan fingerprint density at radius 2 is 1.58 bits per heavy atom. The first-order valence-corrected chi connectivity index (χ1v) is 12.7. The number of rotatable bonds is 7. The van der Waals surface area contributed by atoms with Crippen LogP contribution in [0.1, 0.15) is 48.4 Å². The van der Waals surface area contributed by atoms with E-state index >= 15 is 0 Å². The second-order valence-electron chi connectivity index (χ2n) is 9.62. The molecule has 0 saturated heterocycles. The van der Waals surface area contributed by atoms with Gasteiger partial charge in [-0.3, -0.25) is 9.59 Å². The molecule has 3 aromatic carbocycles. The summed E-state index contributed by atoms with van der Waals surface area (Å²) in [7, 11) is 0. The molecule has 2 aliphatic rings. The first-order valence-electron chi connectivity index (χ1n) is 12.7. The second kappa shape index (κ2) is 10.9. The van der Waals surface area contributed by atoms with Crippen LogP contribution >= 0.6 is 0 Å². The van der Waals surface area contributed by atoms with Crippen LogP contribution in [0.3, 0.4) is 0 Å². The first kappa shape index (κ1) is 23.9. The lowest BCUT2D eigenvalue weighted by Crippen LogP contribution is -2.51. The largest absolute Gasteiger partial charge is 0.485 e. The van der Waals surface area contributed by atoms with E-state index in [4.69, 9.17) is 9.47 Å². The highest BCUT2D eigenvalue weighted by Crippen LogP contribution is 2.33. The number of carbonyl (C=O) groups is 2. The van der Waals surface area contributed by atoms with E-state index in [0.29, 0.717) is 11.5 Å². The van der Waals surface area contributed by atoms with Gasteiger partial charge in [0.15, 0.2) is 11.5 Å². The maximum Gasteiger partial charge on any atom is 0.268 e. The summed E-state index contributed by atoms with van der Waals surface area (Å²) in [5, 5.41) is 3.23. The molecule has 186 valence electrons. The molecule has 36 heavy (non-hydrogen) atoms. The van der Waals surface area contributed by atoms with Gasteiger partial charge in [0.1, 0.15) is 12.6 Å². The fourth-order valence-corrected chi connectivity index (χ4v) is 4.97. The highest BCUT2D eigenvalue weighted by Gasteiger charge is 2.38. The fraction of sp³-hybridized carbons (Fsp3) is 0.333. The van der Waals surface area contributed by atoms with Crippen molar-refractivity contribution in [3.05, 3.63) is 95.6 Å². The van der Waals surface area contributed by atoms with Crippen molar-refractivity contribution in [1.82, 2.24) is 10.2 Å². The second-order valence-corrected chi connectivity index (χ2v) is 9.62. The Kier molecular flexibility index (Phi) is 7.21. The van der Waals surface area contributed by atoms with Gasteiger partial charge in [-0.25, -0.2) is 0 Å². The molecule has 1 heterocycles. The van der Waals surface area contributed by atoms with Crippen molar-refractivity contribution in [3.63, 3.8) is 0 Å². The van der Waals surface area contributed by atoms with Gasteiger partial charge in [-0.05, 0) is 43.0 Å². The summed E-state index contributed by atoms with van der Waals surface area (Å²) in [5.74, 6) is 0.710. The molecule has 2 amide bonds. The normalized spacial score (nSPS) is 17.9. The van der Waals surface area contributed by atoms with E-state index in [0.717, 1.165) is 42.4 Å². The van der Waals surface area contributed by atoms with Crippen molar-refractivity contribution in [1.29, 1.82) is 0 Å². The van der Waals surface area contributed by atoms with Crippen LogP contribution in [0.25, 0.3) is 0 Å². The molecule has 1 fully saturated rings. The molecule has 6 heteroatoms. The number of nitrogens with zero attached hydrogens (tertiary/aromatic N) is 1. The number of carbonyl (C=O) groups excluding carboxylic acids is 2. The van der Waals surface area contributed by atoms with E-state index in [1.54, 1.807) is 11.0 Å². The zero-order chi connectivity index (χ0) is 24.9. The van der Waals surface area contributed by atoms with Crippen molar-refractivity contribution >= 4 is 11.8 Å². The number of aryl methyl sites for hydroxylation is 1. The Morgan fingerprint density at radius 1 is 0.917 bits per heavy atom. The van der Waals surface area contributed by atoms with Crippen molar-refractivity contribution in [2.24, 2.45) is 0 Å². The van der Waals surface area contributed by atoms with Gasteiger partial charge >= 0.3 is 0 Å². The summed E-state index contributed by atoms with van der Waals surface area (Å²) in [6.45, 7) is 2.37. The lowest BCUT2D eigenvalue weighted by atomic mass is 10.00. The molecule has 3 aromatic rings. The molecule has 0 spiro atoms. The number of ether oxygens (including phenoxy) is 2. The summed E-state index contributed by atoms with van der Waals surface area (Å²) in [4.78, 5) is 29.5. The third-order valence-corrected chi connectivity index (χ3v) is 6.92. The Morgan fingerprint density at radius 3 is 2.31 bits per heavy atom. The molecule has 1 N–H and O–H groups in total. The van der Waals surface area contributed by atoms with Gasteiger partial charge in [-0.2, -0.15) is 0 Å². The maximum absolute atomic E-state index is 14.1. The number of hydrogen-bond donors (Lipinski definition) is 1. The molecule has 0 bridgehead atoms. The third kappa shape index (κ3) is 5.38. The average molecular weight is 485 g/mol. The lowest BCUT2D eigenvalue weighted by molar-refractivity contribution is -0.149. The fourth-order valence-electron chi connectivity index (χ4n) is 4.97. The van der Waals surface area contributed by atoms with E-state index in [9.17, 15) is 9.59 Å². The molecule has 1 saturated carbocycles. The number of nitrogens with one attached hydrogen (secondary N) is 1. The van der Waals surface area contributed by atoms with Crippen LogP contribution in [-0.4, -0.2) is 35.5 Å². The van der Waals surface area contributed by atoms with Crippen molar-refractivity contribution in [3.8, 4) is 11.5 Å². The van der Waals surface area contributed by atoms with Crippen LogP contribution in [-0.2, 0) is 16.1 Å². The Balaban J connectivity index is 1.50. The van der Waals surface area contributed by atoms with Gasteiger partial charge in [0, 0.05) is 12.6 Å². The zero-order valence-electron chi connectivity index (χ0n) is 20.6. The molecule has 2 unspecified atom stereocenters. The minimum atomic E-state index is -0.851. The number of benzene rings is 3. The Labute approximate surface area is 212 Å². The Hall–Kier alpha value is -3.80. The third-order valence-electron chi connectivity index (χ3n) is 6.92. The molecule has 1 aliphatic heterocycles. The molecule has 1 aliphatic carbocycles. The van der Waals surface area contributed by atoms with E-state index in [2.05, 4.69) is 5.32 Å². The van der Waals surface area contributed by atoms with Crippen LogP contribution < -0.4 is 14.8 Å². The minimum Gasteiger partial charge on any atom is -0.485 e. The van der Waals surface area contributed by atoms with Gasteiger partial charge < -0.3 is 19.7 Å². The highest BCUT2D eigenvalue weighted by molar-refractivity contribution is 5.91. The van der Waals surface area contributed by atoms with E-state index in [1.165, 1.54) is 0 Å². The molecular formula is C30H32N2O4. The summed E-state index contributed by atoms with van der Waals surface area (Å²) in [5.41, 5.74) is 2.81. The molecule has 0 aromatic heterocycles. The van der Waals surface area contributed by atoms with E-state index < -0.39 is 12.1 Å². The van der Waals surface area contributed by atoms with Gasteiger partial charge in [-0.1, -0.05) is 85.1 Å². The van der Waals surface area contributed by atoms with E-state index in [-0.39, 0.29) is 31.0 Å². The standard InChI is InChI=1S/C30H32N2O4/c1-21-15-17-23(18-16-21)28(29(33)31-24-11-5-6-12-24)32(19-22-9-3-2-4-10-22)30(34)27-20-35-25-13-7-8-14-26(25)36-27/h2-4,7-10,13-18,24,27-28H,5-6,11-12,19-20H2,1H3,(H,31,33). The summed E-state index contributed by atoms with van der Waals surface area (Å²) < 4.78 is 11.9. The summed E-state index contributed by atoms with van der Waals surface area (Å²) in [6, 6.07) is 24.3. The maximum atomic E-state index is 14.1. The van der Waals surface area contributed by atoms with Crippen molar-refractivity contribution in [2.45, 2.75) is 57.3 Å². The summed E-state index contributed by atoms with van der Waals surface area (Å²) >= 11 is 0. The SMILES string of the molecule is Cc1ccc(C(C(=O)NC2CCCC2)N(Cc2ccccc2)C(=O)C2COc3ccccc3O2)cc1. The Bertz CT molecular complexity index is 1190. The average Bonchev–Trinajstić information content (AvgIpc) is 3.42. The highest BCUT2D eigenvalue weighted by atomic mass is 16.6. The first-order chi connectivity index (χ1) is 17.6. The zero-order valence-corrected chi connectivity index (χ0v) is 20.6. The topological polar surface area (TPSA) is 67.9 Å². The van der Waals surface area contributed by atoms with E-state index in [1.807, 2.05) is 79.7 Å². The predicted octanol–water partition coefficient (Wildman–Crippen LogP) is 4.96. The number of hydrogen-bond acceptors (Lipinski definition) is 4. The van der Waals surface area contributed by atoms with Crippen LogP contribution in [0.5, 0.6) is 11.5 Å². The summed E-state index contributed by atoms with van der Waals surface area (Å²) in [6.07, 6.45) is 3.31. The smallest absolute Gasteiger partial charge is 0.268 e. The van der Waals surface area contributed by atoms with Crippen molar-refractivity contribution in [2.75, 3.05) is 6.61 Å². The number of para-hydroxylation sites is 2. The molecule has 6 nitrogen and oxygen atoms in total. The van der Waals surface area contributed by atoms with Crippen LogP contribution in [0.15, 0.2) is 78.9 Å². The van der Waals surface area contributed by atoms with Crippen LogP contribution in [0.2, 0.25) is 0 Å². The van der Waals surface area contributed by atoms with Gasteiger partial charge in [-0.15, -0.1) is 0 Å². The quantitative estimate of drug-likeness (QED) is 0.515. The molecular weight excluding hydrogens is 452 g/mol. The number of fused-ring (bicyclic) bond motifs is 1. The van der Waals surface area contributed by atoms with Crippen LogP contribution in [0.4, 0.5) is 0 Å². The van der Waals surface area contributed by atoms with Gasteiger partial charge in [0.25, 0.3) is 5.91 Å². The van der Waals surface area contributed by atoms with Gasteiger partial charge in [0.2, 0.25) is 12.0 Å². The van der Waals surface area contributed by atoms with Gasteiger partial charge in [0.05, 0.1) is 0 Å². The van der Waals surface area contributed by atoms with Crippen molar-refractivity contribution < 1.29 is 19.1 Å². The van der Waals surface area contributed by atoms with Crippen LogP contribution in [0, 0.1) is 6.92 Å².